The van der Waals surface area contributed by atoms with Gasteiger partial charge in [-0.1, -0.05) is 42.9 Å². The zero-order valence-corrected chi connectivity index (χ0v) is 12.1. The highest BCUT2D eigenvalue weighted by Crippen LogP contribution is 2.14. The second-order valence-corrected chi connectivity index (χ2v) is 4.82. The summed E-state index contributed by atoms with van der Waals surface area (Å²) in [7, 11) is 0. The molecule has 0 aromatic heterocycles. The van der Waals surface area contributed by atoms with Crippen molar-refractivity contribution >= 4 is 34.4 Å². The van der Waals surface area contributed by atoms with Crippen molar-refractivity contribution in [2.24, 2.45) is 11.7 Å². The summed E-state index contributed by atoms with van der Waals surface area (Å²) in [5, 5.41) is 2.67. The third-order valence-electron chi connectivity index (χ3n) is 2.48. The van der Waals surface area contributed by atoms with Gasteiger partial charge >= 0.3 is 0 Å². The van der Waals surface area contributed by atoms with Crippen molar-refractivity contribution in [3.63, 3.8) is 0 Å². The molecule has 94 valence electrons. The molecule has 2 atom stereocenters. The predicted octanol–water partition coefficient (Wildman–Crippen LogP) is 1.61. The Morgan fingerprint density at radius 1 is 1.38 bits per heavy atom. The van der Waals surface area contributed by atoms with Crippen LogP contribution in [0.15, 0.2) is 0 Å². The molecule has 5 heteroatoms. The van der Waals surface area contributed by atoms with Crippen molar-refractivity contribution in [3.05, 3.63) is 0 Å². The van der Waals surface area contributed by atoms with E-state index in [9.17, 15) is 9.59 Å². The summed E-state index contributed by atoms with van der Waals surface area (Å²) < 4.78 is 0.965. The molecule has 0 aromatic carbocycles. The highest BCUT2D eigenvalue weighted by Gasteiger charge is 2.18. The molecule has 0 heterocycles. The fourth-order valence-electron chi connectivity index (χ4n) is 1.53. The number of rotatable bonds is 8. The van der Waals surface area contributed by atoms with Gasteiger partial charge in [-0.05, 0) is 18.8 Å². The minimum absolute atomic E-state index is 0.0687. The average molecular weight is 340 g/mol. The molecular formula is C11H21IN2O2. The van der Waals surface area contributed by atoms with Gasteiger partial charge in [-0.3, -0.25) is 9.59 Å². The van der Waals surface area contributed by atoms with E-state index in [0.717, 1.165) is 17.3 Å². The van der Waals surface area contributed by atoms with Crippen molar-refractivity contribution in [3.8, 4) is 0 Å². The van der Waals surface area contributed by atoms with Crippen LogP contribution < -0.4 is 11.1 Å². The lowest BCUT2D eigenvalue weighted by Crippen LogP contribution is -2.44. The molecule has 0 saturated carbocycles. The normalized spacial score (nSPS) is 14.2. The number of nitrogens with one attached hydrogen (secondary N) is 1. The molecule has 0 aromatic rings. The second-order valence-electron chi connectivity index (χ2n) is 3.94. The van der Waals surface area contributed by atoms with E-state index in [1.165, 1.54) is 0 Å². The van der Waals surface area contributed by atoms with Crippen LogP contribution >= 0.6 is 22.6 Å². The van der Waals surface area contributed by atoms with Crippen LogP contribution in [0.2, 0.25) is 0 Å². The van der Waals surface area contributed by atoms with Crippen LogP contribution in [0.5, 0.6) is 0 Å². The number of halogens is 1. The quantitative estimate of drug-likeness (QED) is 0.520. The van der Waals surface area contributed by atoms with Gasteiger partial charge in [-0.15, -0.1) is 0 Å². The first-order valence-corrected chi connectivity index (χ1v) is 7.22. The Morgan fingerprint density at radius 2 is 2.00 bits per heavy atom. The number of hydrogen-bond acceptors (Lipinski definition) is 2. The van der Waals surface area contributed by atoms with Crippen LogP contribution in [-0.4, -0.2) is 22.3 Å². The molecule has 3 N–H and O–H groups in total. The molecule has 4 nitrogen and oxygen atoms in total. The molecule has 0 rings (SSSR count). The van der Waals surface area contributed by atoms with E-state index >= 15 is 0 Å². The molecule has 2 amide bonds. The third-order valence-corrected chi connectivity index (χ3v) is 3.72. The topological polar surface area (TPSA) is 72.2 Å². The van der Waals surface area contributed by atoms with E-state index in [1.807, 2.05) is 6.92 Å². The minimum atomic E-state index is -0.524. The van der Waals surface area contributed by atoms with Gasteiger partial charge in [-0.25, -0.2) is 0 Å². The Balaban J connectivity index is 4.09. The maximum Gasteiger partial charge on any atom is 0.239 e. The van der Waals surface area contributed by atoms with E-state index in [0.29, 0.717) is 18.8 Å². The molecule has 0 saturated heterocycles. The Kier molecular flexibility index (Phi) is 8.60. The van der Waals surface area contributed by atoms with E-state index < -0.39 is 11.9 Å². The van der Waals surface area contributed by atoms with Crippen molar-refractivity contribution in [1.82, 2.24) is 5.32 Å². The number of primary amides is 1. The summed E-state index contributed by atoms with van der Waals surface area (Å²) in [6.07, 6.45) is 3.15. The van der Waals surface area contributed by atoms with Crippen molar-refractivity contribution in [1.29, 1.82) is 0 Å². The zero-order chi connectivity index (χ0) is 12.6. The number of amides is 2. The highest BCUT2D eigenvalue weighted by atomic mass is 127. The first kappa shape index (κ1) is 15.7. The van der Waals surface area contributed by atoms with Gasteiger partial charge < -0.3 is 11.1 Å². The van der Waals surface area contributed by atoms with Crippen LogP contribution in [0.4, 0.5) is 0 Å². The first-order valence-electron chi connectivity index (χ1n) is 5.69. The van der Waals surface area contributed by atoms with E-state index in [4.69, 9.17) is 5.73 Å². The largest absolute Gasteiger partial charge is 0.368 e. The summed E-state index contributed by atoms with van der Waals surface area (Å²) in [6.45, 7) is 3.94. The SMILES string of the molecule is CCC[C@@H](CI)CC(=O)N[C@@H](CC)C(N)=O. The summed E-state index contributed by atoms with van der Waals surface area (Å²) in [5.74, 6) is -0.130. The van der Waals surface area contributed by atoms with Crippen molar-refractivity contribution in [2.45, 2.75) is 45.6 Å². The summed E-state index contributed by atoms with van der Waals surface area (Å²) in [5.41, 5.74) is 5.16. The number of carbonyl (C=O) groups excluding carboxylic acids is 2. The lowest BCUT2D eigenvalue weighted by Gasteiger charge is -2.16. The standard InChI is InChI=1S/C11H21IN2O2/c1-3-5-8(7-12)6-10(15)14-9(4-2)11(13)16/h8-9H,3-7H2,1-2H3,(H2,13,16)(H,14,15)/t8-,9+/m1/s1. The van der Waals surface area contributed by atoms with Crippen molar-refractivity contribution in [2.75, 3.05) is 4.43 Å². The Hall–Kier alpha value is -0.330. The van der Waals surface area contributed by atoms with Gasteiger partial charge in [-0.2, -0.15) is 0 Å². The number of carbonyl (C=O) groups is 2. The van der Waals surface area contributed by atoms with E-state index in [-0.39, 0.29) is 5.91 Å². The highest BCUT2D eigenvalue weighted by molar-refractivity contribution is 14.1. The number of alkyl halides is 1. The van der Waals surface area contributed by atoms with E-state index in [2.05, 4.69) is 34.8 Å². The molecule has 0 aliphatic rings. The lowest BCUT2D eigenvalue weighted by molar-refractivity contribution is -0.127. The fraction of sp³-hybridized carbons (Fsp3) is 0.818. The Morgan fingerprint density at radius 3 is 2.38 bits per heavy atom. The average Bonchev–Trinajstić information content (AvgIpc) is 2.24. The maximum absolute atomic E-state index is 11.6. The van der Waals surface area contributed by atoms with Crippen LogP contribution in [0.25, 0.3) is 0 Å². The molecule has 0 spiro atoms. The third kappa shape index (κ3) is 6.30. The smallest absolute Gasteiger partial charge is 0.239 e. The summed E-state index contributed by atoms with van der Waals surface area (Å²) in [6, 6.07) is -0.524. The maximum atomic E-state index is 11.6. The van der Waals surface area contributed by atoms with E-state index in [1.54, 1.807) is 0 Å². The number of hydrogen-bond donors (Lipinski definition) is 2. The van der Waals surface area contributed by atoms with Crippen molar-refractivity contribution < 1.29 is 9.59 Å². The number of nitrogens with two attached hydrogens (primary N) is 1. The van der Waals surface area contributed by atoms with Crippen LogP contribution in [0.1, 0.15) is 39.5 Å². The van der Waals surface area contributed by atoms with Gasteiger partial charge in [0.2, 0.25) is 11.8 Å². The summed E-state index contributed by atoms with van der Waals surface area (Å²) in [4.78, 5) is 22.6. The Bertz CT molecular complexity index is 234. The molecule has 0 fully saturated rings. The zero-order valence-electron chi connectivity index (χ0n) is 9.96. The molecule has 0 aliphatic carbocycles. The predicted molar refractivity (Wildman–Crippen MR) is 73.3 cm³/mol. The molecule has 0 unspecified atom stereocenters. The van der Waals surface area contributed by atoms with Crippen LogP contribution in [-0.2, 0) is 9.59 Å². The molecule has 0 bridgehead atoms. The molecule has 0 aliphatic heterocycles. The molecule has 0 radical (unpaired) electrons. The monoisotopic (exact) mass is 340 g/mol. The first-order chi connectivity index (χ1) is 7.54. The second kappa shape index (κ2) is 8.78. The fourth-order valence-corrected chi connectivity index (χ4v) is 2.28. The van der Waals surface area contributed by atoms with Gasteiger partial charge in [0.05, 0.1) is 0 Å². The summed E-state index contributed by atoms with van der Waals surface area (Å²) >= 11 is 2.29. The Labute approximate surface area is 111 Å². The lowest BCUT2D eigenvalue weighted by atomic mass is 10.0. The van der Waals surface area contributed by atoms with Gasteiger partial charge in [0.25, 0.3) is 0 Å². The van der Waals surface area contributed by atoms with Crippen LogP contribution in [0.3, 0.4) is 0 Å². The minimum Gasteiger partial charge on any atom is -0.368 e. The molecular weight excluding hydrogens is 319 g/mol. The van der Waals surface area contributed by atoms with Gasteiger partial charge in [0, 0.05) is 10.8 Å². The van der Waals surface area contributed by atoms with Gasteiger partial charge in [0.1, 0.15) is 6.04 Å². The van der Waals surface area contributed by atoms with Crippen LogP contribution in [0, 0.1) is 5.92 Å². The molecule has 16 heavy (non-hydrogen) atoms. The van der Waals surface area contributed by atoms with Gasteiger partial charge in [0.15, 0.2) is 0 Å².